The third-order valence-electron chi connectivity index (χ3n) is 7.50. The first-order chi connectivity index (χ1) is 24.0. The van der Waals surface area contributed by atoms with Crippen molar-refractivity contribution in [2.45, 2.75) is 9.79 Å². The quantitative estimate of drug-likeness (QED) is 0.0610. The van der Waals surface area contributed by atoms with E-state index in [1.807, 2.05) is 0 Å². The van der Waals surface area contributed by atoms with E-state index in [1.54, 1.807) is 48.5 Å². The Morgan fingerprint density at radius 1 is 0.440 bits per heavy atom. The molecule has 6 aromatic carbocycles. The molecule has 0 amide bonds. The van der Waals surface area contributed by atoms with Crippen molar-refractivity contribution in [3.63, 3.8) is 0 Å². The minimum atomic E-state index is -4.31. The first-order valence-corrected chi connectivity index (χ1v) is 17.8. The fourth-order valence-electron chi connectivity index (χ4n) is 5.06. The number of hydrogen-bond acceptors (Lipinski definition) is 12. The molecule has 0 heterocycles. The molecule has 6 rings (SSSR count). The molecule has 50 heavy (non-hydrogen) atoms. The van der Waals surface area contributed by atoms with Crippen molar-refractivity contribution >= 4 is 64.3 Å². The maximum atomic E-state index is 13.6. The first kappa shape index (κ1) is 33.9. The molecule has 0 saturated heterocycles. The van der Waals surface area contributed by atoms with Crippen LogP contribution in [0, 0.1) is 0 Å². The molecule has 16 heteroatoms. The summed E-state index contributed by atoms with van der Waals surface area (Å²) >= 11 is 0. The van der Waals surface area contributed by atoms with Crippen LogP contribution in [0.2, 0.25) is 0 Å². The van der Waals surface area contributed by atoms with Gasteiger partial charge in [0.05, 0.1) is 9.79 Å². The number of nitrogens with one attached hydrogen (secondary N) is 2. The molecule has 0 atom stereocenters. The monoisotopic (exact) mass is 712 g/mol. The van der Waals surface area contributed by atoms with Gasteiger partial charge in [0.15, 0.2) is 11.5 Å². The van der Waals surface area contributed by atoms with Gasteiger partial charge in [-0.25, -0.2) is 26.3 Å². The standard InChI is InChI=1S/C34H28N6O8S2/c41-29-15-7-5-13-25(29)37-39-27-19-31(21-9-1-3-11-23(21)33(27)43)49(45,46)35-17-18-36-50(47,48)32-20-28(34(44)24-12-4-2-10-22(24)32)40-38-26-14-6-8-16-30(26)42/h1-16,19-20,35-36,41-44H,17-18H2. The van der Waals surface area contributed by atoms with E-state index in [-0.39, 0.29) is 90.2 Å². The number of rotatable bonds is 11. The number of hydrogen-bond donors (Lipinski definition) is 6. The summed E-state index contributed by atoms with van der Waals surface area (Å²) in [6.45, 7) is -0.747. The van der Waals surface area contributed by atoms with Gasteiger partial charge in [-0.3, -0.25) is 0 Å². The Balaban J connectivity index is 1.25. The van der Waals surface area contributed by atoms with Gasteiger partial charge in [-0.2, -0.15) is 0 Å². The Morgan fingerprint density at radius 2 is 0.760 bits per heavy atom. The number of aromatic hydroxyl groups is 4. The Morgan fingerprint density at radius 3 is 1.14 bits per heavy atom. The Hall–Kier alpha value is -5.94. The Kier molecular flexibility index (Phi) is 9.43. The molecule has 0 spiro atoms. The van der Waals surface area contributed by atoms with Gasteiger partial charge in [0.2, 0.25) is 20.0 Å². The van der Waals surface area contributed by atoms with Crippen molar-refractivity contribution in [1.82, 2.24) is 9.44 Å². The molecule has 6 aromatic rings. The van der Waals surface area contributed by atoms with Crippen molar-refractivity contribution < 1.29 is 37.3 Å². The molecule has 14 nitrogen and oxygen atoms in total. The summed E-state index contributed by atoms with van der Waals surface area (Å²) in [5, 5.41) is 58.3. The fourth-order valence-corrected chi connectivity index (χ4v) is 7.58. The maximum Gasteiger partial charge on any atom is 0.241 e. The predicted molar refractivity (Wildman–Crippen MR) is 186 cm³/mol. The van der Waals surface area contributed by atoms with E-state index in [4.69, 9.17) is 0 Å². The van der Waals surface area contributed by atoms with E-state index < -0.39 is 20.0 Å². The third-order valence-corrected chi connectivity index (χ3v) is 10.5. The predicted octanol–water partition coefficient (Wildman–Crippen LogP) is 6.90. The zero-order chi connectivity index (χ0) is 35.5. The van der Waals surface area contributed by atoms with E-state index in [0.717, 1.165) is 12.1 Å². The summed E-state index contributed by atoms with van der Waals surface area (Å²) in [5.41, 5.74) is -0.158. The van der Waals surface area contributed by atoms with Crippen LogP contribution in [0.25, 0.3) is 21.5 Å². The minimum Gasteiger partial charge on any atom is -0.506 e. The lowest BCUT2D eigenvalue weighted by Crippen LogP contribution is -2.34. The number of azo groups is 2. The number of benzene rings is 6. The van der Waals surface area contributed by atoms with Crippen LogP contribution in [0.15, 0.2) is 139 Å². The highest BCUT2D eigenvalue weighted by molar-refractivity contribution is 7.90. The number of para-hydroxylation sites is 2. The molecule has 254 valence electrons. The second-order valence-corrected chi connectivity index (χ2v) is 14.2. The molecule has 0 fully saturated rings. The number of sulfonamides is 2. The molecular formula is C34H28N6O8S2. The van der Waals surface area contributed by atoms with Crippen LogP contribution < -0.4 is 9.44 Å². The van der Waals surface area contributed by atoms with E-state index >= 15 is 0 Å². The average molecular weight is 713 g/mol. The molecule has 0 aromatic heterocycles. The minimum absolute atomic E-state index is 0.0990. The summed E-state index contributed by atoms with van der Waals surface area (Å²) < 4.78 is 59.0. The molecule has 0 unspecified atom stereocenters. The highest BCUT2D eigenvalue weighted by atomic mass is 32.2. The third kappa shape index (κ3) is 6.94. The van der Waals surface area contributed by atoms with Crippen molar-refractivity contribution in [3.05, 3.63) is 109 Å². The van der Waals surface area contributed by atoms with Crippen LogP contribution in [-0.4, -0.2) is 50.4 Å². The van der Waals surface area contributed by atoms with Crippen molar-refractivity contribution in [2.24, 2.45) is 20.5 Å². The van der Waals surface area contributed by atoms with Crippen molar-refractivity contribution in [2.75, 3.05) is 13.1 Å². The van der Waals surface area contributed by atoms with Crippen LogP contribution in [0.1, 0.15) is 0 Å². The summed E-state index contributed by atoms with van der Waals surface area (Å²) in [4.78, 5) is -0.493. The molecule has 0 aliphatic carbocycles. The molecule has 0 saturated carbocycles. The molecular weight excluding hydrogens is 685 g/mol. The Labute approximate surface area is 285 Å². The van der Waals surface area contributed by atoms with Crippen LogP contribution >= 0.6 is 0 Å². The van der Waals surface area contributed by atoms with Gasteiger partial charge in [0, 0.05) is 34.6 Å². The molecule has 0 aliphatic rings. The summed E-state index contributed by atoms with van der Waals surface area (Å²) in [5.74, 6) is -0.983. The summed E-state index contributed by atoms with van der Waals surface area (Å²) in [7, 11) is -8.62. The Bertz CT molecular complexity index is 2370. The molecule has 0 radical (unpaired) electrons. The fraction of sp³-hybridized carbons (Fsp3) is 0.0588. The van der Waals surface area contributed by atoms with Gasteiger partial charge in [0.1, 0.15) is 34.2 Å². The van der Waals surface area contributed by atoms with Crippen LogP contribution in [0.5, 0.6) is 23.0 Å². The smallest absolute Gasteiger partial charge is 0.241 e. The second-order valence-electron chi connectivity index (χ2n) is 10.7. The maximum absolute atomic E-state index is 13.6. The van der Waals surface area contributed by atoms with Crippen LogP contribution in [0.4, 0.5) is 22.7 Å². The number of phenolic OH excluding ortho intramolecular Hbond substituents is 4. The summed E-state index contributed by atoms with van der Waals surface area (Å²) in [6.07, 6.45) is 0. The number of fused-ring (bicyclic) bond motifs is 2. The SMILES string of the molecule is O=S(=O)(NCCNS(=O)(=O)c1cc(N=Nc2ccccc2O)c(O)c2ccccc12)c1cc(N=Nc2ccccc2O)c(O)c2ccccc12. The zero-order valence-corrected chi connectivity index (χ0v) is 27.5. The number of phenols is 4. The highest BCUT2D eigenvalue weighted by Gasteiger charge is 2.24. The summed E-state index contributed by atoms with van der Waals surface area (Å²) in [6, 6.07) is 26.9. The van der Waals surface area contributed by atoms with E-state index in [9.17, 15) is 37.3 Å². The molecule has 6 N–H and O–H groups in total. The van der Waals surface area contributed by atoms with E-state index in [0.29, 0.717) is 0 Å². The van der Waals surface area contributed by atoms with E-state index in [2.05, 4.69) is 29.9 Å². The largest absolute Gasteiger partial charge is 0.506 e. The number of nitrogens with zero attached hydrogens (tertiary/aromatic N) is 4. The second kappa shape index (κ2) is 13.9. The van der Waals surface area contributed by atoms with Gasteiger partial charge in [0.25, 0.3) is 0 Å². The topological polar surface area (TPSA) is 223 Å². The normalized spacial score (nSPS) is 12.4. The van der Waals surface area contributed by atoms with Crippen molar-refractivity contribution in [1.29, 1.82) is 0 Å². The van der Waals surface area contributed by atoms with Gasteiger partial charge in [-0.1, -0.05) is 72.8 Å². The molecule has 0 aliphatic heterocycles. The average Bonchev–Trinajstić information content (AvgIpc) is 3.11. The van der Waals surface area contributed by atoms with Crippen LogP contribution in [-0.2, 0) is 20.0 Å². The zero-order valence-electron chi connectivity index (χ0n) is 25.8. The molecule has 0 bridgehead atoms. The lowest BCUT2D eigenvalue weighted by Gasteiger charge is -2.14. The van der Waals surface area contributed by atoms with Gasteiger partial charge in [-0.15, -0.1) is 20.5 Å². The first-order valence-electron chi connectivity index (χ1n) is 14.8. The van der Waals surface area contributed by atoms with Crippen LogP contribution in [0.3, 0.4) is 0 Å². The van der Waals surface area contributed by atoms with Gasteiger partial charge < -0.3 is 20.4 Å². The van der Waals surface area contributed by atoms with E-state index in [1.165, 1.54) is 48.5 Å². The lowest BCUT2D eigenvalue weighted by molar-refractivity contribution is 0.475. The highest BCUT2D eigenvalue weighted by Crippen LogP contribution is 2.41. The lowest BCUT2D eigenvalue weighted by atomic mass is 10.1. The van der Waals surface area contributed by atoms with Crippen molar-refractivity contribution in [3.8, 4) is 23.0 Å². The van der Waals surface area contributed by atoms with Gasteiger partial charge >= 0.3 is 0 Å². The van der Waals surface area contributed by atoms with Gasteiger partial charge in [-0.05, 0) is 36.4 Å².